The van der Waals surface area contributed by atoms with Gasteiger partial charge in [-0.15, -0.1) is 24.0 Å². The average Bonchev–Trinajstić information content (AvgIpc) is 2.40. The summed E-state index contributed by atoms with van der Waals surface area (Å²) < 4.78 is 5.03. The lowest BCUT2D eigenvalue weighted by Gasteiger charge is -2.22. The smallest absolute Gasteiger partial charge is 0.194 e. The highest BCUT2D eigenvalue weighted by molar-refractivity contribution is 14.0. The minimum atomic E-state index is 0. The van der Waals surface area contributed by atoms with E-state index in [1.807, 2.05) is 7.05 Å². The molecule has 0 unspecified atom stereocenters. The zero-order valence-electron chi connectivity index (χ0n) is 12.8. The second-order valence-corrected chi connectivity index (χ2v) is 4.57. The summed E-state index contributed by atoms with van der Waals surface area (Å²) in [4.78, 5) is 6.65. The Bertz CT molecular complexity index is 393. The van der Waals surface area contributed by atoms with Crippen molar-refractivity contribution in [2.75, 3.05) is 33.9 Å². The first kappa shape index (κ1) is 19.2. The van der Waals surface area contributed by atoms with Gasteiger partial charge in [-0.25, -0.2) is 0 Å². The molecule has 0 spiro atoms. The summed E-state index contributed by atoms with van der Waals surface area (Å²) >= 11 is 0. The summed E-state index contributed by atoms with van der Waals surface area (Å²) in [5.74, 6) is 0.917. The molecule has 20 heavy (non-hydrogen) atoms. The Morgan fingerprint density at radius 1 is 1.30 bits per heavy atom. The number of rotatable bonds is 6. The summed E-state index contributed by atoms with van der Waals surface area (Å²) in [7, 11) is 3.74. The molecule has 1 rings (SSSR count). The van der Waals surface area contributed by atoms with Gasteiger partial charge in [-0.2, -0.15) is 0 Å². The van der Waals surface area contributed by atoms with E-state index in [1.165, 1.54) is 11.1 Å². The van der Waals surface area contributed by atoms with Crippen LogP contribution in [0, 0.1) is 6.92 Å². The van der Waals surface area contributed by atoms with Crippen molar-refractivity contribution in [3.05, 3.63) is 35.4 Å². The first-order chi connectivity index (χ1) is 9.17. The van der Waals surface area contributed by atoms with E-state index in [0.717, 1.165) is 19.0 Å². The predicted octanol–water partition coefficient (Wildman–Crippen LogP) is 2.66. The highest BCUT2D eigenvalue weighted by atomic mass is 127. The third-order valence-corrected chi connectivity index (χ3v) is 2.79. The minimum Gasteiger partial charge on any atom is -0.383 e. The summed E-state index contributed by atoms with van der Waals surface area (Å²) in [5, 5.41) is 3.29. The lowest BCUT2D eigenvalue weighted by molar-refractivity contribution is 0.207. The fourth-order valence-electron chi connectivity index (χ4n) is 1.75. The maximum Gasteiger partial charge on any atom is 0.194 e. The molecular weight excluding hydrogens is 365 g/mol. The largest absolute Gasteiger partial charge is 0.383 e. The molecule has 0 aliphatic rings. The van der Waals surface area contributed by atoms with Crippen molar-refractivity contribution < 1.29 is 4.74 Å². The monoisotopic (exact) mass is 391 g/mol. The van der Waals surface area contributed by atoms with Gasteiger partial charge in [0.2, 0.25) is 0 Å². The van der Waals surface area contributed by atoms with Gasteiger partial charge in [0, 0.05) is 27.2 Å². The van der Waals surface area contributed by atoms with E-state index in [9.17, 15) is 0 Å². The lowest BCUT2D eigenvalue weighted by atomic mass is 10.1. The normalized spacial score (nSPS) is 10.9. The highest BCUT2D eigenvalue weighted by Gasteiger charge is 2.05. The molecule has 0 aliphatic heterocycles. The Morgan fingerprint density at radius 3 is 2.50 bits per heavy atom. The Labute approximate surface area is 139 Å². The fraction of sp³-hybridized carbons (Fsp3) is 0.533. The summed E-state index contributed by atoms with van der Waals surface area (Å²) in [6.45, 7) is 7.21. The van der Waals surface area contributed by atoms with Crippen molar-refractivity contribution in [2.45, 2.75) is 20.4 Å². The number of methoxy groups -OCH3 is 1. The molecule has 0 saturated heterocycles. The molecule has 0 amide bonds. The van der Waals surface area contributed by atoms with Gasteiger partial charge in [0.1, 0.15) is 0 Å². The molecule has 1 aromatic carbocycles. The fourth-order valence-corrected chi connectivity index (χ4v) is 1.75. The maximum absolute atomic E-state index is 5.03. The van der Waals surface area contributed by atoms with E-state index in [1.54, 1.807) is 7.11 Å². The number of halogens is 1. The summed E-state index contributed by atoms with van der Waals surface area (Å²) in [6.07, 6.45) is 0. The van der Waals surface area contributed by atoms with E-state index >= 15 is 0 Å². The van der Waals surface area contributed by atoms with Crippen LogP contribution in [0.5, 0.6) is 0 Å². The second-order valence-electron chi connectivity index (χ2n) is 4.57. The molecule has 0 aliphatic carbocycles. The van der Waals surface area contributed by atoms with Gasteiger partial charge in [-0.3, -0.25) is 4.99 Å². The maximum atomic E-state index is 5.03. The van der Waals surface area contributed by atoms with Crippen molar-refractivity contribution in [1.29, 1.82) is 0 Å². The number of hydrogen-bond donors (Lipinski definition) is 1. The number of aryl methyl sites for hydroxylation is 1. The summed E-state index contributed by atoms with van der Waals surface area (Å²) in [5.41, 5.74) is 2.57. The van der Waals surface area contributed by atoms with Crippen molar-refractivity contribution >= 4 is 29.9 Å². The first-order valence-corrected chi connectivity index (χ1v) is 6.71. The molecule has 0 bridgehead atoms. The summed E-state index contributed by atoms with van der Waals surface area (Å²) in [6, 6.07) is 8.59. The molecule has 0 fully saturated rings. The number of hydrogen-bond acceptors (Lipinski definition) is 2. The van der Waals surface area contributed by atoms with E-state index in [4.69, 9.17) is 4.74 Å². The topological polar surface area (TPSA) is 36.9 Å². The number of nitrogens with one attached hydrogen (secondary N) is 1. The van der Waals surface area contributed by atoms with Gasteiger partial charge in [0.25, 0.3) is 0 Å². The molecule has 1 aromatic rings. The molecule has 5 heteroatoms. The number of aliphatic imine (C=N–C) groups is 1. The van der Waals surface area contributed by atoms with Crippen LogP contribution in [0.25, 0.3) is 0 Å². The molecule has 4 nitrogen and oxygen atoms in total. The van der Waals surface area contributed by atoms with Crippen LogP contribution in [0.2, 0.25) is 0 Å². The van der Waals surface area contributed by atoms with Gasteiger partial charge in [-0.1, -0.05) is 29.8 Å². The van der Waals surface area contributed by atoms with Crippen LogP contribution in [0.4, 0.5) is 0 Å². The molecular formula is C15H26IN3O. The average molecular weight is 391 g/mol. The first-order valence-electron chi connectivity index (χ1n) is 6.71. The van der Waals surface area contributed by atoms with Crippen LogP contribution in [0.1, 0.15) is 18.1 Å². The third-order valence-electron chi connectivity index (χ3n) is 2.79. The Morgan fingerprint density at radius 2 is 1.95 bits per heavy atom. The standard InChI is InChI=1S/C15H25N3O.HI/c1-5-16-15(17-10-11-19-4)18(3)12-14-8-6-13(2)7-9-14;/h6-9H,5,10-12H2,1-4H3,(H,16,17);1H. The Kier molecular flexibility index (Phi) is 10.5. The van der Waals surface area contributed by atoms with Gasteiger partial charge in [0.15, 0.2) is 5.96 Å². The van der Waals surface area contributed by atoms with Gasteiger partial charge >= 0.3 is 0 Å². The number of nitrogens with zero attached hydrogens (tertiary/aromatic N) is 2. The lowest BCUT2D eigenvalue weighted by Crippen LogP contribution is -2.38. The zero-order valence-corrected chi connectivity index (χ0v) is 15.2. The SMILES string of the molecule is CCNC(=NCCOC)N(C)Cc1ccc(C)cc1.I. The van der Waals surface area contributed by atoms with Crippen molar-refractivity contribution in [2.24, 2.45) is 4.99 Å². The minimum absolute atomic E-state index is 0. The van der Waals surface area contributed by atoms with Crippen LogP contribution in [0.3, 0.4) is 0 Å². The molecule has 0 aromatic heterocycles. The van der Waals surface area contributed by atoms with Crippen LogP contribution < -0.4 is 5.32 Å². The van der Waals surface area contributed by atoms with Crippen LogP contribution in [0.15, 0.2) is 29.3 Å². The third kappa shape index (κ3) is 7.09. The molecule has 0 radical (unpaired) electrons. The van der Waals surface area contributed by atoms with E-state index < -0.39 is 0 Å². The molecule has 1 N–H and O–H groups in total. The van der Waals surface area contributed by atoms with Crippen LogP contribution in [-0.4, -0.2) is 44.7 Å². The van der Waals surface area contributed by atoms with E-state index in [2.05, 4.69) is 53.3 Å². The van der Waals surface area contributed by atoms with Crippen molar-refractivity contribution in [3.63, 3.8) is 0 Å². The quantitative estimate of drug-likeness (QED) is 0.351. The number of ether oxygens (including phenoxy) is 1. The van der Waals surface area contributed by atoms with E-state index in [0.29, 0.717) is 13.2 Å². The Balaban J connectivity index is 0.00000361. The number of benzene rings is 1. The zero-order chi connectivity index (χ0) is 14.1. The Hall–Kier alpha value is -0.820. The van der Waals surface area contributed by atoms with Gasteiger partial charge in [-0.05, 0) is 19.4 Å². The molecule has 0 heterocycles. The van der Waals surface area contributed by atoms with E-state index in [-0.39, 0.29) is 24.0 Å². The molecule has 0 atom stereocenters. The number of guanidine groups is 1. The molecule has 114 valence electrons. The predicted molar refractivity (Wildman–Crippen MR) is 95.9 cm³/mol. The van der Waals surface area contributed by atoms with Gasteiger partial charge < -0.3 is 15.0 Å². The van der Waals surface area contributed by atoms with Crippen LogP contribution in [-0.2, 0) is 11.3 Å². The van der Waals surface area contributed by atoms with Crippen LogP contribution >= 0.6 is 24.0 Å². The van der Waals surface area contributed by atoms with Crippen molar-refractivity contribution in [1.82, 2.24) is 10.2 Å². The molecule has 0 saturated carbocycles. The highest BCUT2D eigenvalue weighted by Crippen LogP contribution is 2.06. The van der Waals surface area contributed by atoms with Gasteiger partial charge in [0.05, 0.1) is 13.2 Å². The second kappa shape index (κ2) is 10.9. The van der Waals surface area contributed by atoms with Crippen molar-refractivity contribution in [3.8, 4) is 0 Å².